The van der Waals surface area contributed by atoms with Crippen molar-refractivity contribution < 1.29 is 28.6 Å². The van der Waals surface area contributed by atoms with Crippen LogP contribution in [0.4, 0.5) is 0 Å². The Hall–Kier alpha value is -1.59. The van der Waals surface area contributed by atoms with E-state index in [1.165, 1.54) is 161 Å². The Labute approximate surface area is 336 Å². The van der Waals surface area contributed by atoms with Gasteiger partial charge in [0, 0.05) is 19.3 Å². The summed E-state index contributed by atoms with van der Waals surface area (Å²) in [5, 5.41) is 0. The Morgan fingerprint density at radius 1 is 0.352 bits per heavy atom. The summed E-state index contributed by atoms with van der Waals surface area (Å²) >= 11 is 0. The van der Waals surface area contributed by atoms with Crippen LogP contribution in [0.3, 0.4) is 0 Å². The van der Waals surface area contributed by atoms with Gasteiger partial charge in [-0.25, -0.2) is 0 Å². The van der Waals surface area contributed by atoms with Crippen molar-refractivity contribution in [2.45, 2.75) is 271 Å². The molecular weight excluding hydrogens is 673 g/mol. The van der Waals surface area contributed by atoms with Gasteiger partial charge in [-0.1, -0.05) is 227 Å². The Kier molecular flexibility index (Phi) is 41.3. The van der Waals surface area contributed by atoms with E-state index in [9.17, 15) is 14.4 Å². The first kappa shape index (κ1) is 52.4. The highest BCUT2D eigenvalue weighted by Gasteiger charge is 2.19. The van der Waals surface area contributed by atoms with Crippen LogP contribution in [0.2, 0.25) is 0 Å². The van der Waals surface area contributed by atoms with Crippen molar-refractivity contribution in [3.05, 3.63) is 0 Å². The Bertz CT molecular complexity index is 811. The first-order valence-electron chi connectivity index (χ1n) is 23.9. The molecule has 0 rings (SSSR count). The summed E-state index contributed by atoms with van der Waals surface area (Å²) in [5.41, 5.74) is 0. The molecule has 320 valence electrons. The molecular formula is C48H92O6. The maximum atomic E-state index is 12.7. The second-order valence-corrected chi connectivity index (χ2v) is 16.9. The van der Waals surface area contributed by atoms with Crippen LogP contribution >= 0.6 is 0 Å². The molecule has 6 heteroatoms. The van der Waals surface area contributed by atoms with E-state index in [0.29, 0.717) is 19.3 Å². The predicted molar refractivity (Wildman–Crippen MR) is 229 cm³/mol. The second kappa shape index (κ2) is 42.6. The third kappa shape index (κ3) is 41.6. The van der Waals surface area contributed by atoms with Crippen LogP contribution in [0.1, 0.15) is 265 Å². The van der Waals surface area contributed by atoms with E-state index in [1.54, 1.807) is 0 Å². The van der Waals surface area contributed by atoms with Gasteiger partial charge in [-0.05, 0) is 25.2 Å². The zero-order valence-electron chi connectivity index (χ0n) is 36.7. The SMILES string of the molecule is CCCCCCCCCCCCCCCCCCCCC(=O)O[C@H](COC(=O)CCCCCCCCC)COC(=O)CCCCCCCCCCC(C)C. The van der Waals surface area contributed by atoms with E-state index in [0.717, 1.165) is 63.7 Å². The van der Waals surface area contributed by atoms with E-state index in [2.05, 4.69) is 27.7 Å². The average molecular weight is 765 g/mol. The maximum absolute atomic E-state index is 12.7. The molecule has 0 aromatic rings. The molecule has 0 spiro atoms. The highest BCUT2D eigenvalue weighted by Crippen LogP contribution is 2.16. The first-order valence-corrected chi connectivity index (χ1v) is 23.9. The summed E-state index contributed by atoms with van der Waals surface area (Å²) in [6.07, 6.45) is 42.5. The van der Waals surface area contributed by atoms with Crippen molar-refractivity contribution in [2.24, 2.45) is 5.92 Å². The van der Waals surface area contributed by atoms with Gasteiger partial charge in [0.1, 0.15) is 13.2 Å². The molecule has 0 aliphatic carbocycles. The van der Waals surface area contributed by atoms with Crippen LogP contribution in [-0.2, 0) is 28.6 Å². The van der Waals surface area contributed by atoms with E-state index in [4.69, 9.17) is 14.2 Å². The molecule has 0 aliphatic rings. The molecule has 0 aromatic heterocycles. The summed E-state index contributed by atoms with van der Waals surface area (Å²) in [7, 11) is 0. The molecule has 0 amide bonds. The number of carbonyl (C=O) groups excluding carboxylic acids is 3. The topological polar surface area (TPSA) is 78.9 Å². The smallest absolute Gasteiger partial charge is 0.306 e. The molecule has 0 fully saturated rings. The predicted octanol–water partition coefficient (Wildman–Crippen LogP) is 15.1. The van der Waals surface area contributed by atoms with Crippen molar-refractivity contribution in [3.63, 3.8) is 0 Å². The number of ether oxygens (including phenoxy) is 3. The van der Waals surface area contributed by atoms with Gasteiger partial charge in [0.15, 0.2) is 6.10 Å². The van der Waals surface area contributed by atoms with Gasteiger partial charge >= 0.3 is 17.9 Å². The molecule has 1 atom stereocenters. The van der Waals surface area contributed by atoms with Gasteiger partial charge < -0.3 is 14.2 Å². The second-order valence-electron chi connectivity index (χ2n) is 16.9. The summed E-state index contributed by atoms with van der Waals surface area (Å²) < 4.78 is 16.7. The molecule has 0 saturated carbocycles. The van der Waals surface area contributed by atoms with Gasteiger partial charge in [0.2, 0.25) is 0 Å². The summed E-state index contributed by atoms with van der Waals surface area (Å²) in [5.74, 6) is -0.0630. The molecule has 0 bridgehead atoms. The Balaban J connectivity index is 4.20. The fourth-order valence-corrected chi connectivity index (χ4v) is 7.16. The zero-order chi connectivity index (χ0) is 39.6. The van der Waals surface area contributed by atoms with Crippen LogP contribution in [0.25, 0.3) is 0 Å². The van der Waals surface area contributed by atoms with Crippen molar-refractivity contribution in [3.8, 4) is 0 Å². The van der Waals surface area contributed by atoms with Crippen LogP contribution in [0, 0.1) is 5.92 Å². The molecule has 0 aliphatic heterocycles. The van der Waals surface area contributed by atoms with Crippen molar-refractivity contribution in [1.29, 1.82) is 0 Å². The van der Waals surface area contributed by atoms with Gasteiger partial charge in [-0.15, -0.1) is 0 Å². The average Bonchev–Trinajstić information content (AvgIpc) is 3.15. The third-order valence-electron chi connectivity index (χ3n) is 10.8. The minimum atomic E-state index is -0.759. The van der Waals surface area contributed by atoms with Crippen LogP contribution < -0.4 is 0 Å². The lowest BCUT2D eigenvalue weighted by atomic mass is 10.0. The fraction of sp³-hybridized carbons (Fsp3) is 0.938. The zero-order valence-corrected chi connectivity index (χ0v) is 36.7. The van der Waals surface area contributed by atoms with Crippen LogP contribution in [-0.4, -0.2) is 37.2 Å². The monoisotopic (exact) mass is 765 g/mol. The largest absolute Gasteiger partial charge is 0.462 e. The van der Waals surface area contributed by atoms with E-state index in [1.807, 2.05) is 0 Å². The minimum Gasteiger partial charge on any atom is -0.462 e. The molecule has 0 radical (unpaired) electrons. The highest BCUT2D eigenvalue weighted by molar-refractivity contribution is 5.71. The van der Waals surface area contributed by atoms with E-state index < -0.39 is 6.10 Å². The lowest BCUT2D eigenvalue weighted by Crippen LogP contribution is -2.30. The lowest BCUT2D eigenvalue weighted by molar-refractivity contribution is -0.167. The molecule has 6 nitrogen and oxygen atoms in total. The van der Waals surface area contributed by atoms with Crippen molar-refractivity contribution in [1.82, 2.24) is 0 Å². The Morgan fingerprint density at radius 3 is 0.907 bits per heavy atom. The van der Waals surface area contributed by atoms with Gasteiger partial charge in [-0.3, -0.25) is 14.4 Å². The normalized spacial score (nSPS) is 11.9. The van der Waals surface area contributed by atoms with Gasteiger partial charge in [-0.2, -0.15) is 0 Å². The Morgan fingerprint density at radius 2 is 0.611 bits per heavy atom. The minimum absolute atomic E-state index is 0.0647. The number of esters is 3. The van der Waals surface area contributed by atoms with Crippen molar-refractivity contribution >= 4 is 17.9 Å². The number of rotatable bonds is 43. The van der Waals surface area contributed by atoms with Crippen LogP contribution in [0.5, 0.6) is 0 Å². The molecule has 0 unspecified atom stereocenters. The lowest BCUT2D eigenvalue weighted by Gasteiger charge is -2.18. The summed E-state index contributed by atoms with van der Waals surface area (Å²) in [6, 6.07) is 0. The summed E-state index contributed by atoms with van der Waals surface area (Å²) in [6.45, 7) is 8.94. The molecule has 0 N–H and O–H groups in total. The standard InChI is InChI=1S/C48H92O6/c1-5-7-9-11-13-14-15-16-17-18-19-20-21-22-23-29-33-37-41-48(51)54-45(42-52-46(49)39-35-31-26-12-10-8-6-2)43-53-47(50)40-36-32-28-25-24-27-30-34-38-44(3)4/h44-45H,5-43H2,1-4H3/t45-/m1/s1. The molecule has 0 heterocycles. The van der Waals surface area contributed by atoms with E-state index >= 15 is 0 Å². The number of hydrogen-bond acceptors (Lipinski definition) is 6. The molecule has 0 aromatic carbocycles. The number of carbonyl (C=O) groups is 3. The van der Waals surface area contributed by atoms with E-state index in [-0.39, 0.29) is 31.1 Å². The highest BCUT2D eigenvalue weighted by atomic mass is 16.6. The summed E-state index contributed by atoms with van der Waals surface area (Å²) in [4.78, 5) is 37.6. The van der Waals surface area contributed by atoms with Crippen LogP contribution in [0.15, 0.2) is 0 Å². The van der Waals surface area contributed by atoms with Gasteiger partial charge in [0.25, 0.3) is 0 Å². The quantitative estimate of drug-likeness (QED) is 0.0349. The molecule has 0 saturated heterocycles. The number of hydrogen-bond donors (Lipinski definition) is 0. The van der Waals surface area contributed by atoms with Crippen molar-refractivity contribution in [2.75, 3.05) is 13.2 Å². The molecule has 54 heavy (non-hydrogen) atoms. The first-order chi connectivity index (χ1) is 26.4. The fourth-order valence-electron chi connectivity index (χ4n) is 7.16. The van der Waals surface area contributed by atoms with Gasteiger partial charge in [0.05, 0.1) is 0 Å². The third-order valence-corrected chi connectivity index (χ3v) is 10.8. The maximum Gasteiger partial charge on any atom is 0.306 e. The number of unbranched alkanes of at least 4 members (excludes halogenated alkanes) is 30.